The maximum atomic E-state index is 13.6. The zero-order valence-electron chi connectivity index (χ0n) is 12.4. The molecule has 1 aliphatic carbocycles. The summed E-state index contributed by atoms with van der Waals surface area (Å²) in [6.07, 6.45) is 5.52. The van der Waals surface area contributed by atoms with Crippen LogP contribution in [0.15, 0.2) is 54.6 Å². The molecule has 0 saturated carbocycles. The van der Waals surface area contributed by atoms with E-state index in [1.165, 1.54) is 11.6 Å². The summed E-state index contributed by atoms with van der Waals surface area (Å²) in [6.45, 7) is 0. The second-order valence-electron chi connectivity index (χ2n) is 5.98. The molecule has 22 heavy (non-hydrogen) atoms. The van der Waals surface area contributed by atoms with Crippen molar-refractivity contribution < 1.29 is 9.13 Å². The second-order valence-corrected chi connectivity index (χ2v) is 5.98. The van der Waals surface area contributed by atoms with Gasteiger partial charge in [0, 0.05) is 11.6 Å². The lowest BCUT2D eigenvalue weighted by Gasteiger charge is -2.37. The van der Waals surface area contributed by atoms with Crippen molar-refractivity contribution in [1.29, 1.82) is 0 Å². The highest BCUT2D eigenvalue weighted by atomic mass is 19.1. The molecule has 2 nitrogen and oxygen atoms in total. The van der Waals surface area contributed by atoms with E-state index in [1.807, 2.05) is 12.1 Å². The van der Waals surface area contributed by atoms with Crippen LogP contribution in [0.2, 0.25) is 0 Å². The number of methoxy groups -OCH3 is 1. The van der Waals surface area contributed by atoms with Crippen LogP contribution in [0.1, 0.15) is 29.5 Å². The maximum absolute atomic E-state index is 13.6. The highest BCUT2D eigenvalue weighted by Gasteiger charge is 2.38. The smallest absolute Gasteiger partial charge is 0.123 e. The molecule has 0 bridgehead atoms. The van der Waals surface area contributed by atoms with Crippen LogP contribution in [0.5, 0.6) is 5.75 Å². The number of allylic oxidation sites excluding steroid dienone is 2. The fourth-order valence-electron chi connectivity index (χ4n) is 3.73. The minimum absolute atomic E-state index is 0.136. The van der Waals surface area contributed by atoms with E-state index in [-0.39, 0.29) is 11.9 Å². The van der Waals surface area contributed by atoms with Crippen molar-refractivity contribution in [1.82, 2.24) is 0 Å². The molecule has 1 N–H and O–H groups in total. The number of halogens is 1. The topological polar surface area (TPSA) is 21.3 Å². The number of nitrogens with one attached hydrogen (secondary N) is 1. The van der Waals surface area contributed by atoms with Gasteiger partial charge in [-0.05, 0) is 53.8 Å². The summed E-state index contributed by atoms with van der Waals surface area (Å²) in [4.78, 5) is 0. The van der Waals surface area contributed by atoms with Crippen molar-refractivity contribution in [2.24, 2.45) is 5.92 Å². The fourth-order valence-corrected chi connectivity index (χ4v) is 3.73. The van der Waals surface area contributed by atoms with Gasteiger partial charge in [-0.15, -0.1) is 0 Å². The van der Waals surface area contributed by atoms with E-state index in [1.54, 1.807) is 19.2 Å². The van der Waals surface area contributed by atoms with Crippen molar-refractivity contribution in [3.8, 4) is 5.75 Å². The third-order valence-electron chi connectivity index (χ3n) is 4.78. The molecule has 4 rings (SSSR count). The van der Waals surface area contributed by atoms with Crippen LogP contribution in [0, 0.1) is 11.7 Å². The lowest BCUT2D eigenvalue weighted by atomic mass is 9.77. The zero-order valence-corrected chi connectivity index (χ0v) is 12.4. The first-order valence-electron chi connectivity index (χ1n) is 7.63. The first-order chi connectivity index (χ1) is 10.8. The summed E-state index contributed by atoms with van der Waals surface area (Å²) in [6, 6.07) is 13.2. The molecule has 0 aromatic heterocycles. The van der Waals surface area contributed by atoms with Gasteiger partial charge in [0.05, 0.1) is 13.2 Å². The SMILES string of the molecule is COc1ccc2c(c1)[C@@H]1C=CC[C@@H]1[C@@H](c1cccc(F)c1)N2. The average Bonchev–Trinajstić information content (AvgIpc) is 3.03. The molecule has 0 amide bonds. The summed E-state index contributed by atoms with van der Waals surface area (Å²) >= 11 is 0. The molecule has 2 aromatic rings. The van der Waals surface area contributed by atoms with Crippen molar-refractivity contribution in [2.45, 2.75) is 18.4 Å². The molecule has 0 spiro atoms. The second kappa shape index (κ2) is 5.16. The van der Waals surface area contributed by atoms with Crippen LogP contribution >= 0.6 is 0 Å². The number of ether oxygens (including phenoxy) is 1. The standard InChI is InChI=1S/C19H18FNO/c1-22-14-8-9-18-17(11-14)15-6-3-7-16(15)19(21-18)12-4-2-5-13(20)10-12/h2-6,8-11,15-16,19,21H,7H2,1H3/t15-,16+,19-/m1/s1. The van der Waals surface area contributed by atoms with Gasteiger partial charge in [0.15, 0.2) is 0 Å². The van der Waals surface area contributed by atoms with Crippen molar-refractivity contribution in [3.05, 3.63) is 71.6 Å². The van der Waals surface area contributed by atoms with Crippen LogP contribution in [0.3, 0.4) is 0 Å². The first kappa shape index (κ1) is 13.4. The van der Waals surface area contributed by atoms with Gasteiger partial charge < -0.3 is 10.1 Å². The Morgan fingerprint density at radius 3 is 2.91 bits per heavy atom. The van der Waals surface area contributed by atoms with Gasteiger partial charge in [0.1, 0.15) is 11.6 Å². The molecule has 112 valence electrons. The third-order valence-corrected chi connectivity index (χ3v) is 4.78. The molecule has 2 aromatic carbocycles. The molecule has 0 unspecified atom stereocenters. The number of rotatable bonds is 2. The van der Waals surface area contributed by atoms with Gasteiger partial charge in [-0.1, -0.05) is 24.3 Å². The van der Waals surface area contributed by atoms with E-state index in [9.17, 15) is 4.39 Å². The van der Waals surface area contributed by atoms with E-state index in [2.05, 4.69) is 29.6 Å². The normalized spacial score (nSPS) is 25.3. The van der Waals surface area contributed by atoms with E-state index in [0.29, 0.717) is 11.8 Å². The van der Waals surface area contributed by atoms with Crippen molar-refractivity contribution in [3.63, 3.8) is 0 Å². The molecule has 2 aliphatic rings. The maximum Gasteiger partial charge on any atom is 0.123 e. The quantitative estimate of drug-likeness (QED) is 0.814. The Kier molecular flexibility index (Phi) is 3.14. The van der Waals surface area contributed by atoms with E-state index in [4.69, 9.17) is 4.74 Å². The Bertz CT molecular complexity index is 740. The molecular formula is C19H18FNO. The van der Waals surface area contributed by atoms with Gasteiger partial charge in [0.2, 0.25) is 0 Å². The van der Waals surface area contributed by atoms with Crippen LogP contribution < -0.4 is 10.1 Å². The summed E-state index contributed by atoms with van der Waals surface area (Å²) in [5.41, 5.74) is 3.40. The minimum Gasteiger partial charge on any atom is -0.497 e. The molecular weight excluding hydrogens is 277 g/mol. The third kappa shape index (κ3) is 2.08. The summed E-state index contributed by atoms with van der Waals surface area (Å²) in [5.74, 6) is 1.48. The Hall–Kier alpha value is -2.29. The number of benzene rings is 2. The summed E-state index contributed by atoms with van der Waals surface area (Å²) < 4.78 is 19.0. The predicted molar refractivity (Wildman–Crippen MR) is 85.7 cm³/mol. The van der Waals surface area contributed by atoms with E-state index >= 15 is 0 Å². The van der Waals surface area contributed by atoms with Crippen LogP contribution in [0.4, 0.5) is 10.1 Å². The number of hydrogen-bond donors (Lipinski definition) is 1. The number of fused-ring (bicyclic) bond motifs is 3. The largest absolute Gasteiger partial charge is 0.497 e. The molecule has 3 atom stereocenters. The van der Waals surface area contributed by atoms with E-state index < -0.39 is 0 Å². The van der Waals surface area contributed by atoms with Crippen LogP contribution in [0.25, 0.3) is 0 Å². The van der Waals surface area contributed by atoms with Gasteiger partial charge in [-0.25, -0.2) is 4.39 Å². The molecule has 1 aliphatic heterocycles. The Morgan fingerprint density at radius 1 is 1.18 bits per heavy atom. The first-order valence-corrected chi connectivity index (χ1v) is 7.63. The van der Waals surface area contributed by atoms with Crippen LogP contribution in [-0.4, -0.2) is 7.11 Å². The molecule has 0 radical (unpaired) electrons. The Balaban J connectivity index is 1.78. The molecule has 0 saturated heterocycles. The average molecular weight is 295 g/mol. The van der Waals surface area contributed by atoms with Crippen molar-refractivity contribution in [2.75, 3.05) is 12.4 Å². The predicted octanol–water partition coefficient (Wildman–Crippen LogP) is 4.66. The highest BCUT2D eigenvalue weighted by Crippen LogP contribution is 2.50. The molecule has 1 heterocycles. The van der Waals surface area contributed by atoms with Crippen molar-refractivity contribution >= 4 is 5.69 Å². The number of anilines is 1. The van der Waals surface area contributed by atoms with Gasteiger partial charge in [-0.2, -0.15) is 0 Å². The zero-order chi connectivity index (χ0) is 15.1. The minimum atomic E-state index is -0.178. The lowest BCUT2D eigenvalue weighted by molar-refractivity contribution is 0.405. The Labute approximate surface area is 129 Å². The summed E-state index contributed by atoms with van der Waals surface area (Å²) in [7, 11) is 1.69. The highest BCUT2D eigenvalue weighted by molar-refractivity contribution is 5.61. The molecule has 0 fully saturated rings. The Morgan fingerprint density at radius 2 is 2.09 bits per heavy atom. The number of hydrogen-bond acceptors (Lipinski definition) is 2. The van der Waals surface area contributed by atoms with Gasteiger partial charge in [-0.3, -0.25) is 0 Å². The van der Waals surface area contributed by atoms with Crippen LogP contribution in [-0.2, 0) is 0 Å². The van der Waals surface area contributed by atoms with Gasteiger partial charge >= 0.3 is 0 Å². The van der Waals surface area contributed by atoms with Gasteiger partial charge in [0.25, 0.3) is 0 Å². The lowest BCUT2D eigenvalue weighted by Crippen LogP contribution is -2.29. The molecule has 3 heteroatoms. The van der Waals surface area contributed by atoms with E-state index in [0.717, 1.165) is 23.4 Å². The monoisotopic (exact) mass is 295 g/mol. The fraction of sp³-hybridized carbons (Fsp3) is 0.263. The summed E-state index contributed by atoms with van der Waals surface area (Å²) in [5, 5.41) is 3.60.